The first kappa shape index (κ1) is 13.1. The van der Waals surface area contributed by atoms with Crippen LogP contribution in [0.3, 0.4) is 0 Å². The normalized spacial score (nSPS) is 29.1. The third-order valence-corrected chi connectivity index (χ3v) is 4.40. The summed E-state index contributed by atoms with van der Waals surface area (Å²) >= 11 is 0. The van der Waals surface area contributed by atoms with E-state index in [9.17, 15) is 9.90 Å². The van der Waals surface area contributed by atoms with Gasteiger partial charge in [-0.05, 0) is 31.5 Å². The second-order valence-electron chi connectivity index (χ2n) is 5.58. The van der Waals surface area contributed by atoms with Gasteiger partial charge in [0, 0.05) is 18.5 Å². The fraction of sp³-hybridized carbons (Fsp3) is 0.353. The molecule has 2 atom stereocenters. The number of hydrogen-bond acceptors (Lipinski definition) is 3. The maximum atomic E-state index is 12.2. The summed E-state index contributed by atoms with van der Waals surface area (Å²) < 4.78 is 0. The van der Waals surface area contributed by atoms with Gasteiger partial charge in [0.25, 0.3) is 0 Å². The van der Waals surface area contributed by atoms with Gasteiger partial charge in [0.2, 0.25) is 0 Å². The fourth-order valence-corrected chi connectivity index (χ4v) is 3.26. The van der Waals surface area contributed by atoms with Crippen LogP contribution in [0.5, 0.6) is 0 Å². The number of nitrogens with zero attached hydrogens (tertiary/aromatic N) is 1. The molecule has 0 amide bonds. The highest BCUT2D eigenvalue weighted by Gasteiger charge is 2.42. The number of allylic oxidation sites excluding steroid dienone is 1. The quantitative estimate of drug-likeness (QED) is 0.663. The van der Waals surface area contributed by atoms with Crippen molar-refractivity contribution < 1.29 is 9.90 Å². The number of fused-ring (bicyclic) bond motifs is 2. The highest BCUT2D eigenvalue weighted by molar-refractivity contribution is 5.99. The van der Waals surface area contributed by atoms with Crippen molar-refractivity contribution >= 4 is 11.9 Å². The average Bonchev–Trinajstić information content (AvgIpc) is 2.71. The van der Waals surface area contributed by atoms with Crippen molar-refractivity contribution in [3.05, 3.63) is 53.3 Å². The maximum Gasteiger partial charge on any atom is 0.165 e. The van der Waals surface area contributed by atoms with Crippen LogP contribution in [0.15, 0.2) is 47.7 Å². The molecule has 0 radical (unpaired) electrons. The molecule has 3 heteroatoms. The molecule has 2 saturated heterocycles. The van der Waals surface area contributed by atoms with Crippen molar-refractivity contribution in [3.8, 4) is 0 Å². The minimum Gasteiger partial charge on any atom is -0.507 e. The number of Topliss-reactive ketones (excluding diaryl/α,β-unsaturated/α-hetero) is 1. The number of ketones is 1. The molecule has 3 rings (SSSR count). The van der Waals surface area contributed by atoms with Crippen molar-refractivity contribution in [2.45, 2.75) is 31.3 Å². The number of carbonyl (C=O) groups excluding carboxylic acids is 1. The number of hydrogen-bond donors (Lipinski definition) is 1. The number of likely N-dealkylation sites (N-methyl/N-ethyl adjacent to an activating group) is 1. The van der Waals surface area contributed by atoms with Crippen molar-refractivity contribution in [2.24, 2.45) is 0 Å². The van der Waals surface area contributed by atoms with Gasteiger partial charge in [0.15, 0.2) is 5.78 Å². The standard InChI is InChI=1S/C17H19NO2/c1-18-13-8-9-14(18)17(16(20)11-13)15(19)10-7-12-5-3-2-4-6-12/h2-7,10,13-14,19H,8-9,11H2,1H3/b10-7+,17-15+. The van der Waals surface area contributed by atoms with Gasteiger partial charge >= 0.3 is 0 Å². The van der Waals surface area contributed by atoms with E-state index in [1.807, 2.05) is 43.5 Å². The molecular weight excluding hydrogens is 250 g/mol. The van der Waals surface area contributed by atoms with Gasteiger partial charge in [-0.1, -0.05) is 36.4 Å². The van der Waals surface area contributed by atoms with Gasteiger partial charge in [0.05, 0.1) is 5.57 Å². The number of carbonyl (C=O) groups is 1. The first-order valence-corrected chi connectivity index (χ1v) is 7.08. The van der Waals surface area contributed by atoms with Crippen LogP contribution in [0, 0.1) is 0 Å². The lowest BCUT2D eigenvalue weighted by Crippen LogP contribution is -2.42. The lowest BCUT2D eigenvalue weighted by molar-refractivity contribution is -0.118. The van der Waals surface area contributed by atoms with Gasteiger partial charge in [-0.25, -0.2) is 0 Å². The predicted octanol–water partition coefficient (Wildman–Crippen LogP) is 2.95. The highest BCUT2D eigenvalue weighted by atomic mass is 16.3. The van der Waals surface area contributed by atoms with Gasteiger partial charge in [-0.3, -0.25) is 9.69 Å². The molecule has 2 bridgehead atoms. The monoisotopic (exact) mass is 269 g/mol. The average molecular weight is 269 g/mol. The molecule has 0 aromatic heterocycles. The maximum absolute atomic E-state index is 12.2. The molecule has 2 aliphatic heterocycles. The van der Waals surface area contributed by atoms with E-state index in [1.54, 1.807) is 6.08 Å². The summed E-state index contributed by atoms with van der Waals surface area (Å²) in [5, 5.41) is 10.3. The second kappa shape index (κ2) is 5.25. The number of benzene rings is 1. The summed E-state index contributed by atoms with van der Waals surface area (Å²) in [5.41, 5.74) is 1.61. The molecule has 3 nitrogen and oxygen atoms in total. The molecule has 1 N–H and O–H groups in total. The van der Waals surface area contributed by atoms with Crippen LogP contribution in [0.2, 0.25) is 0 Å². The summed E-state index contributed by atoms with van der Waals surface area (Å²) in [6, 6.07) is 10.2. The van der Waals surface area contributed by atoms with E-state index >= 15 is 0 Å². The number of aliphatic hydroxyl groups is 1. The Hall–Kier alpha value is -1.87. The highest BCUT2D eigenvalue weighted by Crippen LogP contribution is 2.36. The minimum atomic E-state index is 0.0849. The van der Waals surface area contributed by atoms with E-state index < -0.39 is 0 Å². The molecule has 0 aliphatic carbocycles. The van der Waals surface area contributed by atoms with E-state index in [4.69, 9.17) is 0 Å². The first-order valence-electron chi connectivity index (χ1n) is 7.08. The molecule has 0 spiro atoms. The number of aliphatic hydroxyl groups excluding tert-OH is 1. The third kappa shape index (κ3) is 2.29. The Balaban J connectivity index is 1.88. The van der Waals surface area contributed by atoms with Crippen LogP contribution in [-0.4, -0.2) is 34.9 Å². The summed E-state index contributed by atoms with van der Waals surface area (Å²) in [5.74, 6) is 0.224. The van der Waals surface area contributed by atoms with Gasteiger partial charge in [-0.15, -0.1) is 0 Å². The van der Waals surface area contributed by atoms with Crippen molar-refractivity contribution in [1.82, 2.24) is 4.90 Å². The van der Waals surface area contributed by atoms with Crippen LogP contribution < -0.4 is 0 Å². The Morgan fingerprint density at radius 1 is 1.30 bits per heavy atom. The van der Waals surface area contributed by atoms with Crippen molar-refractivity contribution in [3.63, 3.8) is 0 Å². The fourth-order valence-electron chi connectivity index (χ4n) is 3.26. The Labute approximate surface area is 119 Å². The van der Waals surface area contributed by atoms with E-state index in [-0.39, 0.29) is 17.6 Å². The largest absolute Gasteiger partial charge is 0.507 e. The lowest BCUT2D eigenvalue weighted by atomic mass is 9.94. The Morgan fingerprint density at radius 2 is 2.05 bits per heavy atom. The Kier molecular flexibility index (Phi) is 3.45. The molecule has 2 fully saturated rings. The first-order chi connectivity index (χ1) is 9.66. The summed E-state index contributed by atoms with van der Waals surface area (Å²) in [7, 11) is 2.04. The number of rotatable bonds is 2. The van der Waals surface area contributed by atoms with E-state index in [0.29, 0.717) is 18.0 Å². The molecule has 2 heterocycles. The van der Waals surface area contributed by atoms with Crippen LogP contribution in [0.25, 0.3) is 6.08 Å². The van der Waals surface area contributed by atoms with Crippen molar-refractivity contribution in [2.75, 3.05) is 7.05 Å². The second-order valence-corrected chi connectivity index (χ2v) is 5.58. The summed E-state index contributed by atoms with van der Waals surface area (Å²) in [4.78, 5) is 14.4. The van der Waals surface area contributed by atoms with E-state index in [2.05, 4.69) is 4.90 Å². The summed E-state index contributed by atoms with van der Waals surface area (Å²) in [6.45, 7) is 0. The van der Waals surface area contributed by atoms with Crippen LogP contribution >= 0.6 is 0 Å². The molecule has 0 saturated carbocycles. The Morgan fingerprint density at radius 3 is 2.80 bits per heavy atom. The van der Waals surface area contributed by atoms with Crippen LogP contribution in [0.1, 0.15) is 24.8 Å². The third-order valence-electron chi connectivity index (χ3n) is 4.40. The molecule has 20 heavy (non-hydrogen) atoms. The zero-order valence-electron chi connectivity index (χ0n) is 11.6. The molecule has 2 unspecified atom stereocenters. The molecule has 2 aliphatic rings. The molecular formula is C17H19NO2. The van der Waals surface area contributed by atoms with Crippen molar-refractivity contribution in [1.29, 1.82) is 0 Å². The zero-order valence-corrected chi connectivity index (χ0v) is 11.6. The van der Waals surface area contributed by atoms with Crippen LogP contribution in [-0.2, 0) is 4.79 Å². The van der Waals surface area contributed by atoms with E-state index in [0.717, 1.165) is 18.4 Å². The molecule has 104 valence electrons. The SMILES string of the molecule is CN1C2CCC1/C(=C(O)/C=C/c1ccccc1)C(=O)C2. The minimum absolute atomic E-state index is 0.0849. The van der Waals surface area contributed by atoms with Crippen LogP contribution in [0.4, 0.5) is 0 Å². The topological polar surface area (TPSA) is 40.5 Å². The smallest absolute Gasteiger partial charge is 0.165 e. The van der Waals surface area contributed by atoms with E-state index in [1.165, 1.54) is 0 Å². The Bertz CT molecular complexity index is 574. The van der Waals surface area contributed by atoms with Gasteiger partial charge in [0.1, 0.15) is 5.76 Å². The predicted molar refractivity (Wildman–Crippen MR) is 79.3 cm³/mol. The molecule has 1 aromatic rings. The molecule has 1 aromatic carbocycles. The lowest BCUT2D eigenvalue weighted by Gasteiger charge is -2.32. The van der Waals surface area contributed by atoms with Gasteiger partial charge < -0.3 is 5.11 Å². The van der Waals surface area contributed by atoms with Gasteiger partial charge in [-0.2, -0.15) is 0 Å². The summed E-state index contributed by atoms with van der Waals surface area (Å²) in [6.07, 6.45) is 6.04. The zero-order chi connectivity index (χ0) is 14.1. The number of piperidine rings is 1.